The molecule has 0 aliphatic rings. The molecule has 2 N–H and O–H groups in total. The number of para-hydroxylation sites is 1. The molecule has 0 bridgehead atoms. The maximum Gasteiger partial charge on any atom is 0.324 e. The fraction of sp³-hybridized carbons (Fsp3) is 0. The third-order valence-corrected chi connectivity index (χ3v) is 3.17. The number of carbonyl (C=O) groups is 1. The molecule has 8 nitrogen and oxygen atoms in total. The molecule has 0 atom stereocenters. The summed E-state index contributed by atoms with van der Waals surface area (Å²) in [6, 6.07) is 16.3. The van der Waals surface area contributed by atoms with Crippen LogP contribution in [0.25, 0.3) is 5.69 Å². The summed E-state index contributed by atoms with van der Waals surface area (Å²) in [6.45, 7) is 0. The van der Waals surface area contributed by atoms with Gasteiger partial charge in [0.25, 0.3) is 5.69 Å². The molecule has 0 aliphatic heterocycles. The number of nitrogens with zero attached hydrogens (tertiary/aromatic N) is 3. The van der Waals surface area contributed by atoms with Crippen LogP contribution in [0.3, 0.4) is 0 Å². The third-order valence-electron chi connectivity index (χ3n) is 3.17. The fourth-order valence-corrected chi connectivity index (χ4v) is 2.09. The van der Waals surface area contributed by atoms with Gasteiger partial charge in [0, 0.05) is 30.1 Å². The highest BCUT2D eigenvalue weighted by Gasteiger charge is 2.09. The molecule has 2 amide bonds. The number of benzene rings is 2. The van der Waals surface area contributed by atoms with Crippen LogP contribution in [0.15, 0.2) is 66.9 Å². The van der Waals surface area contributed by atoms with E-state index in [1.165, 1.54) is 18.2 Å². The van der Waals surface area contributed by atoms with E-state index in [0.717, 1.165) is 5.69 Å². The van der Waals surface area contributed by atoms with Gasteiger partial charge in [0.05, 0.1) is 10.6 Å². The average molecular weight is 323 g/mol. The number of amides is 2. The van der Waals surface area contributed by atoms with E-state index in [-0.39, 0.29) is 5.69 Å². The number of hydrogen-bond acceptors (Lipinski definition) is 4. The van der Waals surface area contributed by atoms with Crippen LogP contribution in [0, 0.1) is 10.1 Å². The molecule has 0 radical (unpaired) electrons. The van der Waals surface area contributed by atoms with Gasteiger partial charge in [-0.2, -0.15) is 0 Å². The Morgan fingerprint density at radius 1 is 1.04 bits per heavy atom. The molecule has 0 fully saturated rings. The molecule has 0 aliphatic carbocycles. The van der Waals surface area contributed by atoms with Gasteiger partial charge in [-0.15, -0.1) is 5.10 Å². The SMILES string of the molecule is O=C(Nc1cccc([N+](=O)[O-])c1)Nc1ccn(-c2ccccc2)n1. The van der Waals surface area contributed by atoms with E-state index in [0.29, 0.717) is 11.5 Å². The van der Waals surface area contributed by atoms with E-state index >= 15 is 0 Å². The Hall–Kier alpha value is -3.68. The van der Waals surface area contributed by atoms with Crippen molar-refractivity contribution in [2.24, 2.45) is 0 Å². The van der Waals surface area contributed by atoms with Gasteiger partial charge in [-0.3, -0.25) is 15.4 Å². The highest BCUT2D eigenvalue weighted by Crippen LogP contribution is 2.17. The molecule has 24 heavy (non-hydrogen) atoms. The maximum absolute atomic E-state index is 12.0. The van der Waals surface area contributed by atoms with Gasteiger partial charge in [0.15, 0.2) is 5.82 Å². The summed E-state index contributed by atoms with van der Waals surface area (Å²) >= 11 is 0. The predicted molar refractivity (Wildman–Crippen MR) is 89.3 cm³/mol. The van der Waals surface area contributed by atoms with Crippen molar-refractivity contribution >= 4 is 23.2 Å². The van der Waals surface area contributed by atoms with Gasteiger partial charge in [-0.05, 0) is 18.2 Å². The Balaban J connectivity index is 1.66. The van der Waals surface area contributed by atoms with Gasteiger partial charge in [0.2, 0.25) is 0 Å². The minimum Gasteiger partial charge on any atom is -0.307 e. The molecular weight excluding hydrogens is 310 g/mol. The number of rotatable bonds is 4. The van der Waals surface area contributed by atoms with Gasteiger partial charge < -0.3 is 5.32 Å². The van der Waals surface area contributed by atoms with Crippen LogP contribution in [-0.2, 0) is 0 Å². The van der Waals surface area contributed by atoms with Gasteiger partial charge >= 0.3 is 6.03 Å². The second-order valence-corrected chi connectivity index (χ2v) is 4.87. The van der Waals surface area contributed by atoms with Crippen molar-refractivity contribution < 1.29 is 9.72 Å². The molecule has 3 rings (SSSR count). The summed E-state index contributed by atoms with van der Waals surface area (Å²) in [6.07, 6.45) is 1.72. The van der Waals surface area contributed by atoms with Crippen molar-refractivity contribution in [2.45, 2.75) is 0 Å². The lowest BCUT2D eigenvalue weighted by Crippen LogP contribution is -2.19. The molecule has 0 unspecified atom stereocenters. The maximum atomic E-state index is 12.0. The fourth-order valence-electron chi connectivity index (χ4n) is 2.09. The van der Waals surface area contributed by atoms with Crippen molar-refractivity contribution in [1.29, 1.82) is 0 Å². The highest BCUT2D eigenvalue weighted by atomic mass is 16.6. The van der Waals surface area contributed by atoms with Gasteiger partial charge in [0.1, 0.15) is 0 Å². The summed E-state index contributed by atoms with van der Waals surface area (Å²) < 4.78 is 1.63. The zero-order valence-electron chi connectivity index (χ0n) is 12.4. The molecule has 8 heteroatoms. The van der Waals surface area contributed by atoms with Crippen LogP contribution >= 0.6 is 0 Å². The number of nitro benzene ring substituents is 1. The number of aromatic nitrogens is 2. The second kappa shape index (κ2) is 6.61. The molecule has 0 saturated heterocycles. The molecule has 3 aromatic rings. The van der Waals surface area contributed by atoms with Crippen LogP contribution in [-0.4, -0.2) is 20.7 Å². The zero-order chi connectivity index (χ0) is 16.9. The Morgan fingerprint density at radius 2 is 1.83 bits per heavy atom. The number of nitrogens with one attached hydrogen (secondary N) is 2. The number of nitro groups is 1. The van der Waals surface area contributed by atoms with Crippen LogP contribution in [0.1, 0.15) is 0 Å². The molecule has 120 valence electrons. The van der Waals surface area contributed by atoms with E-state index in [1.54, 1.807) is 23.0 Å². The van der Waals surface area contributed by atoms with Crippen LogP contribution in [0.5, 0.6) is 0 Å². The summed E-state index contributed by atoms with van der Waals surface area (Å²) in [4.78, 5) is 22.2. The lowest BCUT2D eigenvalue weighted by atomic mass is 10.3. The lowest BCUT2D eigenvalue weighted by Gasteiger charge is -2.05. The first kappa shape index (κ1) is 15.2. The Labute approximate surface area is 136 Å². The predicted octanol–water partition coefficient (Wildman–Crippen LogP) is 3.42. The monoisotopic (exact) mass is 323 g/mol. The van der Waals surface area contributed by atoms with E-state index in [1.807, 2.05) is 30.3 Å². The molecular formula is C16H13N5O3. The quantitative estimate of drug-likeness (QED) is 0.567. The number of carbonyl (C=O) groups excluding carboxylic acids is 1. The zero-order valence-corrected chi connectivity index (χ0v) is 12.4. The Bertz CT molecular complexity index is 876. The summed E-state index contributed by atoms with van der Waals surface area (Å²) in [5, 5.41) is 20.1. The number of urea groups is 1. The summed E-state index contributed by atoms with van der Waals surface area (Å²) in [5.74, 6) is 0.363. The van der Waals surface area contributed by atoms with E-state index in [4.69, 9.17) is 0 Å². The first-order valence-corrected chi connectivity index (χ1v) is 7.05. The van der Waals surface area contributed by atoms with Gasteiger partial charge in [-0.25, -0.2) is 9.48 Å². The van der Waals surface area contributed by atoms with Crippen molar-refractivity contribution in [1.82, 2.24) is 9.78 Å². The average Bonchev–Trinajstić information content (AvgIpc) is 3.04. The topological polar surface area (TPSA) is 102 Å². The number of anilines is 2. The van der Waals surface area contributed by atoms with Gasteiger partial charge in [-0.1, -0.05) is 24.3 Å². The normalized spacial score (nSPS) is 10.2. The number of non-ortho nitro benzene ring substituents is 1. The van der Waals surface area contributed by atoms with Crippen molar-refractivity contribution in [3.63, 3.8) is 0 Å². The molecule has 1 heterocycles. The molecule has 0 spiro atoms. The highest BCUT2D eigenvalue weighted by molar-refractivity contribution is 5.99. The van der Waals surface area contributed by atoms with Crippen LogP contribution in [0.2, 0.25) is 0 Å². The minimum absolute atomic E-state index is 0.0962. The first-order valence-electron chi connectivity index (χ1n) is 7.05. The van der Waals surface area contributed by atoms with E-state index < -0.39 is 11.0 Å². The minimum atomic E-state index is -0.534. The summed E-state index contributed by atoms with van der Waals surface area (Å²) in [5.41, 5.74) is 1.09. The molecule has 1 aromatic heterocycles. The largest absolute Gasteiger partial charge is 0.324 e. The smallest absolute Gasteiger partial charge is 0.307 e. The van der Waals surface area contributed by atoms with Crippen molar-refractivity contribution in [3.05, 3.63) is 77.0 Å². The van der Waals surface area contributed by atoms with Crippen molar-refractivity contribution in [3.8, 4) is 5.69 Å². The molecule has 0 saturated carbocycles. The third kappa shape index (κ3) is 3.55. The second-order valence-electron chi connectivity index (χ2n) is 4.87. The Morgan fingerprint density at radius 3 is 2.58 bits per heavy atom. The molecule has 2 aromatic carbocycles. The van der Waals surface area contributed by atoms with Crippen molar-refractivity contribution in [2.75, 3.05) is 10.6 Å². The van der Waals surface area contributed by atoms with E-state index in [9.17, 15) is 14.9 Å². The lowest BCUT2D eigenvalue weighted by molar-refractivity contribution is -0.384. The Kier molecular flexibility index (Phi) is 4.19. The van der Waals surface area contributed by atoms with Crippen LogP contribution < -0.4 is 10.6 Å². The number of hydrogen-bond donors (Lipinski definition) is 2. The standard InChI is InChI=1S/C16H13N5O3/c22-16(17-12-5-4-8-14(11-12)21(23)24)18-15-9-10-20(19-15)13-6-2-1-3-7-13/h1-11H,(H2,17,18,19,22). The first-order chi connectivity index (χ1) is 11.6. The van der Waals surface area contributed by atoms with E-state index in [2.05, 4.69) is 15.7 Å². The van der Waals surface area contributed by atoms with Crippen LogP contribution in [0.4, 0.5) is 22.0 Å². The summed E-state index contributed by atoms with van der Waals surface area (Å²) in [7, 11) is 0.